The van der Waals surface area contributed by atoms with Crippen molar-refractivity contribution in [2.45, 2.75) is 13.8 Å². The fourth-order valence-corrected chi connectivity index (χ4v) is 13.1. The Balaban J connectivity index is 0.862. The Hall–Kier alpha value is -11.1. The van der Waals surface area contributed by atoms with Crippen molar-refractivity contribution in [1.82, 2.24) is 0 Å². The average Bonchev–Trinajstić information content (AvgIpc) is 0.757. The molecule has 0 radical (unpaired) electrons. The van der Waals surface area contributed by atoms with E-state index in [2.05, 4.69) is 351 Å². The Morgan fingerprint density at radius 2 is 0.488 bits per heavy atom. The highest BCUT2D eigenvalue weighted by Gasteiger charge is 2.24. The van der Waals surface area contributed by atoms with Crippen molar-refractivity contribution in [2.24, 2.45) is 0 Å². The second-order valence-corrected chi connectivity index (χ2v) is 22.5. The van der Waals surface area contributed by atoms with Crippen molar-refractivity contribution < 1.29 is 0 Å². The van der Waals surface area contributed by atoms with Gasteiger partial charge in [0, 0.05) is 33.9 Å². The largest absolute Gasteiger partial charge is 0.310 e. The van der Waals surface area contributed by atoms with Gasteiger partial charge in [-0.2, -0.15) is 0 Å². The molecule has 0 amide bonds. The first kappa shape index (κ1) is 51.8. The van der Waals surface area contributed by atoms with Crippen LogP contribution < -0.4 is 9.80 Å². The Bertz CT molecular complexity index is 4650. The minimum atomic E-state index is 1.09. The summed E-state index contributed by atoms with van der Waals surface area (Å²) in [4.78, 5) is 4.77. The molecule has 0 saturated carbocycles. The Labute approximate surface area is 503 Å². The van der Waals surface area contributed by atoms with E-state index in [-0.39, 0.29) is 0 Å². The summed E-state index contributed by atoms with van der Waals surface area (Å²) < 4.78 is 0. The highest BCUT2D eigenvalue weighted by molar-refractivity contribution is 6.36. The van der Waals surface area contributed by atoms with Crippen LogP contribution in [-0.2, 0) is 0 Å². The maximum Gasteiger partial charge on any atom is 0.0540 e. The van der Waals surface area contributed by atoms with Crippen molar-refractivity contribution in [3.05, 3.63) is 339 Å². The van der Waals surface area contributed by atoms with Crippen LogP contribution in [0.15, 0.2) is 328 Å². The molecule has 0 aliphatic heterocycles. The molecule has 0 atom stereocenters. The zero-order chi connectivity index (χ0) is 57.5. The van der Waals surface area contributed by atoms with Gasteiger partial charge in [0.15, 0.2) is 0 Å². The molecule has 0 bridgehead atoms. The maximum absolute atomic E-state index is 2.41. The first-order valence-corrected chi connectivity index (χ1v) is 29.7. The molecule has 0 aromatic heterocycles. The molecule has 2 nitrogen and oxygen atoms in total. The molecule has 0 N–H and O–H groups in total. The smallest absolute Gasteiger partial charge is 0.0540 e. The summed E-state index contributed by atoms with van der Waals surface area (Å²) in [6, 6.07) is 120. The maximum atomic E-state index is 2.41. The molecule has 0 fully saturated rings. The summed E-state index contributed by atoms with van der Waals surface area (Å²) in [5, 5.41) is 9.92. The zero-order valence-corrected chi connectivity index (χ0v) is 48.1. The molecule has 0 saturated heterocycles. The summed E-state index contributed by atoms with van der Waals surface area (Å²) in [7, 11) is 0. The molecule has 0 spiro atoms. The molecule has 0 aliphatic carbocycles. The number of benzene rings is 15. The van der Waals surface area contributed by atoms with Gasteiger partial charge in [0.05, 0.1) is 11.4 Å². The van der Waals surface area contributed by atoms with Crippen LogP contribution in [-0.4, -0.2) is 0 Å². The molecule has 2 heteroatoms. The van der Waals surface area contributed by atoms with E-state index in [0.717, 1.165) is 56.4 Å². The number of nitrogens with zero attached hydrogens (tertiary/aromatic N) is 2. The van der Waals surface area contributed by atoms with Gasteiger partial charge >= 0.3 is 0 Å². The minimum Gasteiger partial charge on any atom is -0.310 e. The summed E-state index contributed by atoms with van der Waals surface area (Å²) in [5.74, 6) is 0. The topological polar surface area (TPSA) is 6.48 Å². The summed E-state index contributed by atoms with van der Waals surface area (Å²) in [6.45, 7) is 4.29. The van der Waals surface area contributed by atoms with Crippen molar-refractivity contribution in [1.29, 1.82) is 0 Å². The first-order chi connectivity index (χ1) is 42.5. The van der Waals surface area contributed by atoms with E-state index < -0.39 is 0 Å². The van der Waals surface area contributed by atoms with E-state index in [1.54, 1.807) is 0 Å². The number of para-hydroxylation sites is 2. The van der Waals surface area contributed by atoms with Gasteiger partial charge in [-0.3, -0.25) is 0 Å². The highest BCUT2D eigenvalue weighted by atomic mass is 15.1. The summed E-state index contributed by atoms with van der Waals surface area (Å²) in [5.41, 5.74) is 23.3. The van der Waals surface area contributed by atoms with E-state index in [9.17, 15) is 0 Å². The van der Waals surface area contributed by atoms with Crippen LogP contribution >= 0.6 is 0 Å². The van der Waals surface area contributed by atoms with Gasteiger partial charge in [0.25, 0.3) is 0 Å². The van der Waals surface area contributed by atoms with E-state index in [4.69, 9.17) is 0 Å². The second kappa shape index (κ2) is 22.3. The lowest BCUT2D eigenvalue weighted by atomic mass is 9.81. The number of rotatable bonds is 12. The van der Waals surface area contributed by atoms with Gasteiger partial charge in [-0.25, -0.2) is 0 Å². The lowest BCUT2D eigenvalue weighted by Gasteiger charge is -2.28. The van der Waals surface area contributed by atoms with E-state index in [0.29, 0.717) is 0 Å². The van der Waals surface area contributed by atoms with E-state index >= 15 is 0 Å². The molecule has 0 heterocycles. The third-order valence-corrected chi connectivity index (χ3v) is 17.2. The Kier molecular flexibility index (Phi) is 13.4. The predicted molar refractivity (Wildman–Crippen MR) is 368 cm³/mol. The predicted octanol–water partition coefficient (Wildman–Crippen LogP) is 23.9. The van der Waals surface area contributed by atoms with Crippen LogP contribution in [0.1, 0.15) is 11.1 Å². The standard InChI is InChI=1S/C84H60N2/c1-57-39-47-67(48-40-57)85(79-37-17-15-29-71(79)61-21-5-3-6-22-61)69-51-43-59(44-52-69)63-25-19-27-65(55-63)81-77-35-13-14-36-78(77)82(84-76-34-12-10-32-74(76)73-31-9-11-33-75(73)83(81)84)66-28-20-26-64(56-66)60-45-53-70(54-46-60)86(68-49-41-58(2)42-50-68)80-38-18-16-30-72(80)62-23-7-4-8-24-62/h3-56H,1-2H3. The first-order valence-electron chi connectivity index (χ1n) is 29.7. The SMILES string of the molecule is Cc1ccc(N(c2ccc(-c3cccc(-c4c5ccccc5c(-c5cccc(-c6ccc(N(c7ccc(C)cc7)c7ccccc7-c7ccccc7)cc6)c5)c5c6ccccc6c6ccccc6c45)c3)cc2)c2ccccc2-c2ccccc2)cc1. The average molecular weight is 1100 g/mol. The van der Waals surface area contributed by atoms with Gasteiger partial charge in [-0.15, -0.1) is 0 Å². The van der Waals surface area contributed by atoms with Crippen LogP contribution in [0.25, 0.3) is 110 Å². The highest BCUT2D eigenvalue weighted by Crippen LogP contribution is 2.51. The number of anilines is 6. The lowest BCUT2D eigenvalue weighted by Crippen LogP contribution is -2.11. The number of fused-ring (bicyclic) bond motifs is 7. The van der Waals surface area contributed by atoms with Crippen LogP contribution in [0.3, 0.4) is 0 Å². The molecule has 86 heavy (non-hydrogen) atoms. The molecule has 0 aliphatic rings. The molecule has 15 rings (SSSR count). The molecule has 15 aromatic rings. The third kappa shape index (κ3) is 9.44. The van der Waals surface area contributed by atoms with Crippen LogP contribution in [0.2, 0.25) is 0 Å². The summed E-state index contributed by atoms with van der Waals surface area (Å²) >= 11 is 0. The monoisotopic (exact) mass is 1100 g/mol. The normalized spacial score (nSPS) is 11.4. The molecular weight excluding hydrogens is 1040 g/mol. The molecule has 0 unspecified atom stereocenters. The van der Waals surface area contributed by atoms with Gasteiger partial charge in [-0.1, -0.05) is 266 Å². The Morgan fingerprint density at radius 3 is 0.872 bits per heavy atom. The number of hydrogen-bond acceptors (Lipinski definition) is 2. The van der Waals surface area contributed by atoms with Crippen LogP contribution in [0.5, 0.6) is 0 Å². The van der Waals surface area contributed by atoms with Gasteiger partial charge in [0.1, 0.15) is 0 Å². The zero-order valence-electron chi connectivity index (χ0n) is 48.1. The lowest BCUT2D eigenvalue weighted by molar-refractivity contribution is 1.27. The van der Waals surface area contributed by atoms with Crippen molar-refractivity contribution in [3.8, 4) is 66.8 Å². The van der Waals surface area contributed by atoms with Gasteiger partial charge in [-0.05, 0) is 185 Å². The van der Waals surface area contributed by atoms with Crippen LogP contribution in [0, 0.1) is 13.8 Å². The number of aryl methyl sites for hydroxylation is 2. The molecule has 406 valence electrons. The van der Waals surface area contributed by atoms with Crippen molar-refractivity contribution in [2.75, 3.05) is 9.80 Å². The van der Waals surface area contributed by atoms with Crippen molar-refractivity contribution >= 4 is 77.2 Å². The van der Waals surface area contributed by atoms with Crippen molar-refractivity contribution in [3.63, 3.8) is 0 Å². The fraction of sp³-hybridized carbons (Fsp3) is 0.0238. The Morgan fingerprint density at radius 1 is 0.198 bits per heavy atom. The fourth-order valence-electron chi connectivity index (χ4n) is 13.1. The third-order valence-electron chi connectivity index (χ3n) is 17.2. The number of hydrogen-bond donors (Lipinski definition) is 0. The minimum absolute atomic E-state index is 1.09. The van der Waals surface area contributed by atoms with E-state index in [1.807, 2.05) is 0 Å². The quantitative estimate of drug-likeness (QED) is 0.0889. The molecule has 15 aromatic carbocycles. The van der Waals surface area contributed by atoms with Gasteiger partial charge in [0.2, 0.25) is 0 Å². The summed E-state index contributed by atoms with van der Waals surface area (Å²) in [6.07, 6.45) is 0. The second-order valence-electron chi connectivity index (χ2n) is 22.5. The van der Waals surface area contributed by atoms with E-state index in [1.165, 1.54) is 98.7 Å². The van der Waals surface area contributed by atoms with Gasteiger partial charge < -0.3 is 9.80 Å². The molecular formula is C84H60N2. The van der Waals surface area contributed by atoms with Crippen LogP contribution in [0.4, 0.5) is 34.1 Å².